The summed E-state index contributed by atoms with van der Waals surface area (Å²) in [6.45, 7) is 10.2. The number of alkyl halides is 3. The standard InChI is InChI=1S/C28H34F3N3O3/c1-5-27(17-34(25(35)20(27)4)24-18(2)7-6-8-19(24)3)26(36)32-23-14-21(13-22(15-23)28(29,30)31)16-33-9-11-37-12-10-33/h6-8,13-15,20H,5,9-12,16-17H2,1-4H3,(H,32,36)/t20-,27-/m1/s1. The van der Waals surface area contributed by atoms with Gasteiger partial charge in [0, 0.05) is 37.6 Å². The first-order valence-corrected chi connectivity index (χ1v) is 12.7. The van der Waals surface area contributed by atoms with Gasteiger partial charge in [-0.15, -0.1) is 0 Å². The summed E-state index contributed by atoms with van der Waals surface area (Å²) < 4.78 is 46.5. The fourth-order valence-corrected chi connectivity index (χ4v) is 5.53. The molecule has 2 amide bonds. The number of anilines is 2. The summed E-state index contributed by atoms with van der Waals surface area (Å²) in [4.78, 5) is 30.8. The summed E-state index contributed by atoms with van der Waals surface area (Å²) in [5.74, 6) is -1.23. The van der Waals surface area contributed by atoms with Crippen molar-refractivity contribution in [3.05, 3.63) is 58.7 Å². The summed E-state index contributed by atoms with van der Waals surface area (Å²) in [5, 5.41) is 2.76. The van der Waals surface area contributed by atoms with E-state index in [0.29, 0.717) is 44.8 Å². The number of hydrogen-bond donors (Lipinski definition) is 1. The van der Waals surface area contributed by atoms with Crippen molar-refractivity contribution in [2.24, 2.45) is 11.3 Å². The van der Waals surface area contributed by atoms with E-state index in [0.717, 1.165) is 28.9 Å². The Kier molecular flexibility index (Phi) is 7.67. The highest BCUT2D eigenvalue weighted by Gasteiger charge is 2.54. The molecule has 0 bridgehead atoms. The van der Waals surface area contributed by atoms with Crippen LogP contribution in [0.3, 0.4) is 0 Å². The Bertz CT molecular complexity index is 1160. The number of morpholine rings is 1. The van der Waals surface area contributed by atoms with Gasteiger partial charge in [-0.2, -0.15) is 13.2 Å². The smallest absolute Gasteiger partial charge is 0.379 e. The highest BCUT2D eigenvalue weighted by atomic mass is 19.4. The van der Waals surface area contributed by atoms with Crippen LogP contribution in [0.25, 0.3) is 0 Å². The molecule has 0 aliphatic carbocycles. The Morgan fingerprint density at radius 1 is 1.14 bits per heavy atom. The Hall–Kier alpha value is -2.91. The van der Waals surface area contributed by atoms with Gasteiger partial charge >= 0.3 is 6.18 Å². The second kappa shape index (κ2) is 10.5. The minimum Gasteiger partial charge on any atom is -0.379 e. The van der Waals surface area contributed by atoms with E-state index in [-0.39, 0.29) is 18.1 Å². The van der Waals surface area contributed by atoms with Gasteiger partial charge in [-0.3, -0.25) is 14.5 Å². The van der Waals surface area contributed by atoms with E-state index in [1.807, 2.05) is 43.9 Å². The molecule has 2 aliphatic heterocycles. The van der Waals surface area contributed by atoms with Gasteiger partial charge < -0.3 is 15.0 Å². The van der Waals surface area contributed by atoms with Crippen LogP contribution in [0.15, 0.2) is 36.4 Å². The van der Waals surface area contributed by atoms with Crippen LogP contribution in [-0.2, 0) is 27.0 Å². The van der Waals surface area contributed by atoms with Gasteiger partial charge in [-0.25, -0.2) is 0 Å². The van der Waals surface area contributed by atoms with Gasteiger partial charge in [0.2, 0.25) is 11.8 Å². The molecule has 0 spiro atoms. The molecule has 2 aliphatic rings. The molecule has 2 heterocycles. The van der Waals surface area contributed by atoms with Crippen LogP contribution in [0, 0.1) is 25.2 Å². The number of amides is 2. The van der Waals surface area contributed by atoms with Crippen LogP contribution >= 0.6 is 0 Å². The lowest BCUT2D eigenvalue weighted by Crippen LogP contribution is -2.42. The summed E-state index contributed by atoms with van der Waals surface area (Å²) in [5.41, 5.74) is 1.30. The SMILES string of the molecule is CC[C@@]1(C(=O)Nc2cc(CN3CCOCC3)cc(C(F)(F)F)c2)CN(c2c(C)cccc2C)C(=O)[C@H]1C. The molecular formula is C28H34F3N3O3. The number of hydrogen-bond acceptors (Lipinski definition) is 4. The number of nitrogens with one attached hydrogen (secondary N) is 1. The minimum atomic E-state index is -4.56. The Morgan fingerprint density at radius 2 is 1.78 bits per heavy atom. The number of benzene rings is 2. The summed E-state index contributed by atoms with van der Waals surface area (Å²) in [6, 6.07) is 9.45. The van der Waals surface area contributed by atoms with Crippen molar-refractivity contribution in [2.45, 2.75) is 46.8 Å². The van der Waals surface area contributed by atoms with Gasteiger partial charge in [0.05, 0.1) is 30.1 Å². The molecule has 2 aromatic rings. The molecule has 0 unspecified atom stereocenters. The number of carbonyl (C=O) groups is 2. The molecule has 2 fully saturated rings. The van der Waals surface area contributed by atoms with Crippen LogP contribution in [-0.4, -0.2) is 49.6 Å². The molecule has 6 nitrogen and oxygen atoms in total. The van der Waals surface area contributed by atoms with Crippen molar-refractivity contribution in [1.29, 1.82) is 0 Å². The van der Waals surface area contributed by atoms with Crippen molar-refractivity contribution >= 4 is 23.2 Å². The number of ether oxygens (including phenoxy) is 1. The normalized spacial score (nSPS) is 22.9. The first kappa shape index (κ1) is 27.1. The number of para-hydroxylation sites is 1. The molecule has 200 valence electrons. The Balaban J connectivity index is 1.64. The molecule has 2 aromatic carbocycles. The van der Waals surface area contributed by atoms with Gasteiger partial charge in [0.25, 0.3) is 0 Å². The van der Waals surface area contributed by atoms with Gasteiger partial charge in [-0.1, -0.05) is 32.0 Å². The maximum absolute atomic E-state index is 13.7. The Labute approximate surface area is 215 Å². The second-order valence-corrected chi connectivity index (χ2v) is 10.2. The van der Waals surface area contributed by atoms with E-state index in [1.54, 1.807) is 17.9 Å². The molecule has 0 aromatic heterocycles. The zero-order valence-corrected chi connectivity index (χ0v) is 21.7. The van der Waals surface area contributed by atoms with E-state index < -0.39 is 29.0 Å². The number of nitrogens with zero attached hydrogens (tertiary/aromatic N) is 2. The average molecular weight is 518 g/mol. The molecule has 4 rings (SSSR count). The average Bonchev–Trinajstić information content (AvgIpc) is 3.10. The van der Waals surface area contributed by atoms with Crippen LogP contribution in [0.4, 0.5) is 24.5 Å². The van der Waals surface area contributed by atoms with E-state index in [4.69, 9.17) is 4.74 Å². The first-order chi connectivity index (χ1) is 17.5. The number of aryl methyl sites for hydroxylation is 2. The predicted molar refractivity (Wildman–Crippen MR) is 136 cm³/mol. The summed E-state index contributed by atoms with van der Waals surface area (Å²) in [7, 11) is 0. The van der Waals surface area contributed by atoms with E-state index in [2.05, 4.69) is 5.32 Å². The van der Waals surface area contributed by atoms with Crippen LogP contribution in [0.1, 0.15) is 42.5 Å². The lowest BCUT2D eigenvalue weighted by molar-refractivity contribution is -0.137. The number of rotatable bonds is 6. The maximum Gasteiger partial charge on any atom is 0.416 e. The summed E-state index contributed by atoms with van der Waals surface area (Å²) >= 11 is 0. The number of carbonyl (C=O) groups excluding carboxylic acids is 2. The largest absolute Gasteiger partial charge is 0.416 e. The fourth-order valence-electron chi connectivity index (χ4n) is 5.53. The first-order valence-electron chi connectivity index (χ1n) is 12.7. The van der Waals surface area contributed by atoms with Gasteiger partial charge in [-0.05, 0) is 55.2 Å². The van der Waals surface area contributed by atoms with Gasteiger partial charge in [0.15, 0.2) is 0 Å². The monoisotopic (exact) mass is 517 g/mol. The fraction of sp³-hybridized carbons (Fsp3) is 0.500. The molecule has 0 radical (unpaired) electrons. The van der Waals surface area contributed by atoms with Crippen molar-refractivity contribution in [1.82, 2.24) is 4.90 Å². The van der Waals surface area contributed by atoms with Crippen LogP contribution in [0.2, 0.25) is 0 Å². The van der Waals surface area contributed by atoms with Crippen molar-refractivity contribution in [3.63, 3.8) is 0 Å². The molecule has 1 N–H and O–H groups in total. The molecular weight excluding hydrogens is 483 g/mol. The lowest BCUT2D eigenvalue weighted by atomic mass is 9.75. The predicted octanol–water partition coefficient (Wildman–Crippen LogP) is 5.17. The molecule has 37 heavy (non-hydrogen) atoms. The lowest BCUT2D eigenvalue weighted by Gasteiger charge is -2.30. The number of halogens is 3. The molecule has 0 saturated carbocycles. The van der Waals surface area contributed by atoms with Crippen molar-refractivity contribution in [3.8, 4) is 0 Å². The van der Waals surface area contributed by atoms with Crippen molar-refractivity contribution < 1.29 is 27.5 Å². The zero-order valence-electron chi connectivity index (χ0n) is 21.7. The highest BCUT2D eigenvalue weighted by Crippen LogP contribution is 2.44. The molecule has 2 saturated heterocycles. The minimum absolute atomic E-state index is 0.0843. The third-order valence-corrected chi connectivity index (χ3v) is 7.79. The highest BCUT2D eigenvalue weighted by molar-refractivity contribution is 6.07. The Morgan fingerprint density at radius 3 is 2.38 bits per heavy atom. The third-order valence-electron chi connectivity index (χ3n) is 7.79. The van der Waals surface area contributed by atoms with Crippen LogP contribution < -0.4 is 10.2 Å². The zero-order chi connectivity index (χ0) is 27.0. The quantitative estimate of drug-likeness (QED) is 0.574. The third kappa shape index (κ3) is 5.38. The van der Waals surface area contributed by atoms with E-state index in [1.165, 1.54) is 0 Å². The van der Waals surface area contributed by atoms with Gasteiger partial charge in [0.1, 0.15) is 0 Å². The molecule has 9 heteroatoms. The van der Waals surface area contributed by atoms with E-state index in [9.17, 15) is 22.8 Å². The second-order valence-electron chi connectivity index (χ2n) is 10.2. The topological polar surface area (TPSA) is 61.9 Å². The van der Waals surface area contributed by atoms with E-state index >= 15 is 0 Å². The summed E-state index contributed by atoms with van der Waals surface area (Å²) in [6.07, 6.45) is -4.19. The molecule has 2 atom stereocenters. The van der Waals surface area contributed by atoms with Crippen LogP contribution in [0.5, 0.6) is 0 Å². The van der Waals surface area contributed by atoms with Crippen molar-refractivity contribution in [2.75, 3.05) is 43.1 Å². The maximum atomic E-state index is 13.7.